The molecule has 0 saturated carbocycles. The molecule has 0 radical (unpaired) electrons. The Morgan fingerprint density at radius 3 is 2.37 bits per heavy atom. The molecule has 0 spiro atoms. The molecule has 0 fully saturated rings. The Hall–Kier alpha value is -5.06. The molecule has 0 aliphatic heterocycles. The lowest BCUT2D eigenvalue weighted by Gasteiger charge is -2.35. The van der Waals surface area contributed by atoms with Gasteiger partial charge in [0.15, 0.2) is 0 Å². The molecule has 11 heteroatoms. The van der Waals surface area contributed by atoms with E-state index in [2.05, 4.69) is 34.8 Å². The van der Waals surface area contributed by atoms with Gasteiger partial charge in [-0.25, -0.2) is 9.67 Å². The smallest absolute Gasteiger partial charge is 0.412 e. The first-order valence-corrected chi connectivity index (χ1v) is 17.0. The minimum Gasteiger partial charge on any atom is -0.457 e. The summed E-state index contributed by atoms with van der Waals surface area (Å²) in [4.78, 5) is 4.72. The van der Waals surface area contributed by atoms with Crippen molar-refractivity contribution >= 4 is 21.8 Å². The number of allylic oxidation sites excluding steroid dienone is 2. The van der Waals surface area contributed by atoms with Crippen molar-refractivity contribution in [1.82, 2.24) is 19.3 Å². The van der Waals surface area contributed by atoms with Crippen LogP contribution < -0.4 is 4.74 Å². The van der Waals surface area contributed by atoms with E-state index in [-0.39, 0.29) is 23.4 Å². The van der Waals surface area contributed by atoms with Crippen molar-refractivity contribution < 1.29 is 31.1 Å². The first-order valence-electron chi connectivity index (χ1n) is 17.0. The second-order valence-electron chi connectivity index (χ2n) is 13.1. The SMILES string of the molecule is CCCCc1ccnc(-n2c3ccccc3c3ccc(Oc4cccc(-n5nc(C)c(C6C(C(F)(F)F)=CCC[C@@H]6C(F)(F)F)c5C)c4)cc32)c1. The van der Waals surface area contributed by atoms with E-state index in [4.69, 9.17) is 9.72 Å². The Balaban J connectivity index is 1.26. The molecular weight excluding hydrogens is 666 g/mol. The molecule has 3 heterocycles. The average molecular weight is 703 g/mol. The molecule has 1 unspecified atom stereocenters. The van der Waals surface area contributed by atoms with E-state index in [1.165, 1.54) is 24.1 Å². The molecule has 0 saturated heterocycles. The van der Waals surface area contributed by atoms with E-state index in [1.54, 1.807) is 24.3 Å². The summed E-state index contributed by atoms with van der Waals surface area (Å²) in [5.41, 5.74) is 2.63. The van der Waals surface area contributed by atoms with Gasteiger partial charge in [0, 0.05) is 51.9 Å². The molecule has 51 heavy (non-hydrogen) atoms. The van der Waals surface area contributed by atoms with Crippen molar-refractivity contribution in [3.8, 4) is 23.0 Å². The number of nitrogens with zero attached hydrogens (tertiary/aromatic N) is 4. The third-order valence-electron chi connectivity index (χ3n) is 9.79. The Bertz CT molecular complexity index is 2260. The minimum absolute atomic E-state index is 0.0578. The van der Waals surface area contributed by atoms with Gasteiger partial charge in [-0.3, -0.25) is 4.57 Å². The van der Waals surface area contributed by atoms with Crippen LogP contribution in [0, 0.1) is 19.8 Å². The van der Waals surface area contributed by atoms with Gasteiger partial charge >= 0.3 is 12.4 Å². The number of halogens is 6. The van der Waals surface area contributed by atoms with Gasteiger partial charge < -0.3 is 4.74 Å². The highest BCUT2D eigenvalue weighted by atomic mass is 19.4. The van der Waals surface area contributed by atoms with Crippen LogP contribution >= 0.6 is 0 Å². The van der Waals surface area contributed by atoms with Gasteiger partial charge in [-0.2, -0.15) is 31.4 Å². The Morgan fingerprint density at radius 2 is 1.61 bits per heavy atom. The first kappa shape index (κ1) is 34.4. The van der Waals surface area contributed by atoms with Crippen LogP contribution in [-0.2, 0) is 6.42 Å². The number of ether oxygens (including phenoxy) is 1. The summed E-state index contributed by atoms with van der Waals surface area (Å²) in [5.74, 6) is -2.33. The van der Waals surface area contributed by atoms with Crippen LogP contribution in [0.15, 0.2) is 96.7 Å². The molecule has 0 bridgehead atoms. The lowest BCUT2D eigenvalue weighted by Crippen LogP contribution is -2.36. The number of rotatable bonds is 8. The van der Waals surface area contributed by atoms with E-state index in [1.807, 2.05) is 42.6 Å². The first-order chi connectivity index (χ1) is 24.3. The van der Waals surface area contributed by atoms with Gasteiger partial charge in [-0.15, -0.1) is 0 Å². The molecule has 7 rings (SSSR count). The van der Waals surface area contributed by atoms with Gasteiger partial charge in [0.1, 0.15) is 17.3 Å². The summed E-state index contributed by atoms with van der Waals surface area (Å²) in [5, 5.41) is 6.55. The van der Waals surface area contributed by atoms with E-state index in [0.29, 0.717) is 17.2 Å². The summed E-state index contributed by atoms with van der Waals surface area (Å²) in [7, 11) is 0. The van der Waals surface area contributed by atoms with Gasteiger partial charge in [-0.05, 0) is 87.6 Å². The van der Waals surface area contributed by atoms with Gasteiger partial charge in [0.2, 0.25) is 0 Å². The summed E-state index contributed by atoms with van der Waals surface area (Å²) in [6.07, 6.45) is -4.61. The Labute approximate surface area is 291 Å². The monoisotopic (exact) mass is 702 g/mol. The molecular formula is C40H36F6N4O. The zero-order chi connectivity index (χ0) is 36.1. The number of para-hydroxylation sites is 1. The normalized spacial score (nSPS) is 16.9. The van der Waals surface area contributed by atoms with E-state index >= 15 is 0 Å². The fraction of sp³-hybridized carbons (Fsp3) is 0.300. The topological polar surface area (TPSA) is 44.9 Å². The van der Waals surface area contributed by atoms with Crippen molar-refractivity contribution in [2.45, 2.75) is 71.1 Å². The molecule has 5 nitrogen and oxygen atoms in total. The van der Waals surface area contributed by atoms with Crippen LogP contribution in [0.4, 0.5) is 26.3 Å². The molecule has 1 aliphatic carbocycles. The average Bonchev–Trinajstić information content (AvgIpc) is 3.58. The molecule has 0 amide bonds. The largest absolute Gasteiger partial charge is 0.457 e. The number of hydrogen-bond donors (Lipinski definition) is 0. The number of aryl methyl sites for hydroxylation is 2. The van der Waals surface area contributed by atoms with E-state index < -0.39 is 36.2 Å². The summed E-state index contributed by atoms with van der Waals surface area (Å²) in [6, 6.07) is 24.9. The zero-order valence-electron chi connectivity index (χ0n) is 28.3. The van der Waals surface area contributed by atoms with Crippen LogP contribution in [0.25, 0.3) is 33.3 Å². The number of unbranched alkanes of at least 4 members (excludes halogenated alkanes) is 1. The van der Waals surface area contributed by atoms with E-state index in [0.717, 1.165) is 53.0 Å². The third kappa shape index (κ3) is 6.50. The minimum atomic E-state index is -4.91. The highest BCUT2D eigenvalue weighted by Gasteiger charge is 2.54. The lowest BCUT2D eigenvalue weighted by molar-refractivity contribution is -0.187. The van der Waals surface area contributed by atoms with Crippen molar-refractivity contribution in [2.75, 3.05) is 0 Å². The number of pyridine rings is 1. The fourth-order valence-electron chi connectivity index (χ4n) is 7.48. The lowest BCUT2D eigenvalue weighted by atomic mass is 9.73. The summed E-state index contributed by atoms with van der Waals surface area (Å²) >= 11 is 0. The fourth-order valence-corrected chi connectivity index (χ4v) is 7.48. The maximum Gasteiger partial charge on any atom is 0.412 e. The highest BCUT2D eigenvalue weighted by molar-refractivity contribution is 6.09. The zero-order valence-corrected chi connectivity index (χ0v) is 28.3. The van der Waals surface area contributed by atoms with Gasteiger partial charge in [-0.1, -0.05) is 43.7 Å². The molecule has 3 aromatic heterocycles. The van der Waals surface area contributed by atoms with Crippen LogP contribution in [0.5, 0.6) is 11.5 Å². The van der Waals surface area contributed by atoms with Crippen molar-refractivity contribution in [2.24, 2.45) is 5.92 Å². The van der Waals surface area contributed by atoms with Gasteiger partial charge in [0.05, 0.1) is 28.3 Å². The van der Waals surface area contributed by atoms with E-state index in [9.17, 15) is 26.3 Å². The standard InChI is InChI=1S/C40H36F6N4O/c1-4-5-10-26-19-20-47-36(21-26)49-34-16-7-6-13-30(34)31-18-17-29(23-35(31)49)51-28-12-8-11-27(22-28)50-25(3)37(24(2)48-50)38-32(39(41,42)43)14-9-15-33(38)40(44,45)46/h6-8,11-14,16-23,33,38H,4-5,9-10,15H2,1-3H3/t33-,38?/m0/s1. The molecule has 264 valence electrons. The molecule has 3 aromatic carbocycles. The predicted octanol–water partition coefficient (Wildman–Crippen LogP) is 11.7. The third-order valence-corrected chi connectivity index (χ3v) is 9.79. The van der Waals surface area contributed by atoms with Crippen LogP contribution in [0.2, 0.25) is 0 Å². The van der Waals surface area contributed by atoms with Crippen molar-refractivity contribution in [1.29, 1.82) is 0 Å². The summed E-state index contributed by atoms with van der Waals surface area (Å²) < 4.78 is 94.9. The number of hydrogen-bond acceptors (Lipinski definition) is 3. The molecule has 2 atom stereocenters. The van der Waals surface area contributed by atoms with Crippen molar-refractivity contribution in [3.63, 3.8) is 0 Å². The Kier molecular flexibility index (Phi) is 8.93. The quantitative estimate of drug-likeness (QED) is 0.117. The number of aromatic nitrogens is 4. The maximum absolute atomic E-state index is 14.2. The summed E-state index contributed by atoms with van der Waals surface area (Å²) in [6.45, 7) is 5.13. The predicted molar refractivity (Wildman–Crippen MR) is 186 cm³/mol. The van der Waals surface area contributed by atoms with Crippen molar-refractivity contribution in [3.05, 3.63) is 119 Å². The van der Waals surface area contributed by atoms with Gasteiger partial charge in [0.25, 0.3) is 0 Å². The van der Waals surface area contributed by atoms with Crippen LogP contribution in [-0.4, -0.2) is 31.7 Å². The number of fused-ring (bicyclic) bond motifs is 3. The molecule has 0 N–H and O–H groups in total. The number of alkyl halides is 6. The molecule has 1 aliphatic rings. The molecule has 6 aromatic rings. The van der Waals surface area contributed by atoms with Crippen LogP contribution in [0.3, 0.4) is 0 Å². The Morgan fingerprint density at radius 1 is 0.843 bits per heavy atom. The van der Waals surface area contributed by atoms with Crippen LogP contribution in [0.1, 0.15) is 61.0 Å². The maximum atomic E-state index is 14.2. The highest BCUT2D eigenvalue weighted by Crippen LogP contribution is 2.53. The second kappa shape index (κ2) is 13.2. The second-order valence-corrected chi connectivity index (χ2v) is 13.1. The number of benzene rings is 3.